The van der Waals surface area contributed by atoms with Crippen molar-refractivity contribution in [3.05, 3.63) is 17.7 Å². The molecule has 4 nitrogen and oxygen atoms in total. The van der Waals surface area contributed by atoms with Crippen molar-refractivity contribution in [3.63, 3.8) is 0 Å². The van der Waals surface area contributed by atoms with Gasteiger partial charge in [-0.15, -0.1) is 0 Å². The molecule has 1 amide bonds. The van der Waals surface area contributed by atoms with Gasteiger partial charge in [0.15, 0.2) is 5.75 Å². The Bertz CT molecular complexity index is 415. The van der Waals surface area contributed by atoms with Gasteiger partial charge in [0.2, 0.25) is 5.91 Å². The summed E-state index contributed by atoms with van der Waals surface area (Å²) in [4.78, 5) is 13.2. The Balaban J connectivity index is 2.58. The van der Waals surface area contributed by atoms with Crippen LogP contribution >= 0.6 is 0 Å². The van der Waals surface area contributed by atoms with Gasteiger partial charge in [-0.05, 0) is 24.6 Å². The highest BCUT2D eigenvalue weighted by Crippen LogP contribution is 2.36. The average Bonchev–Trinajstić information content (AvgIpc) is 2.30. The van der Waals surface area contributed by atoms with Crippen molar-refractivity contribution in [2.75, 3.05) is 24.3 Å². The molecule has 0 saturated carbocycles. The molecule has 0 spiro atoms. The van der Waals surface area contributed by atoms with E-state index in [1.54, 1.807) is 11.9 Å². The fourth-order valence-electron chi connectivity index (χ4n) is 1.73. The Morgan fingerprint density at radius 1 is 1.47 bits per heavy atom. The number of ether oxygens (including phenoxy) is 1. The van der Waals surface area contributed by atoms with Gasteiger partial charge in [0.1, 0.15) is 0 Å². The number of aryl methyl sites for hydroxylation is 1. The van der Waals surface area contributed by atoms with E-state index in [4.69, 9.17) is 10.5 Å². The van der Waals surface area contributed by atoms with Crippen LogP contribution in [0, 0.1) is 6.92 Å². The number of nitrogen functional groups attached to an aromatic ring is 1. The van der Waals surface area contributed by atoms with E-state index < -0.39 is 0 Å². The van der Waals surface area contributed by atoms with Crippen LogP contribution in [-0.4, -0.2) is 19.6 Å². The molecule has 2 rings (SSSR count). The van der Waals surface area contributed by atoms with E-state index in [0.717, 1.165) is 11.3 Å². The molecule has 80 valence electrons. The lowest BCUT2D eigenvalue weighted by molar-refractivity contribution is -0.118. The molecule has 1 aliphatic rings. The molecule has 0 bridgehead atoms. The highest BCUT2D eigenvalue weighted by atomic mass is 16.5. The zero-order chi connectivity index (χ0) is 11.0. The van der Waals surface area contributed by atoms with Gasteiger partial charge < -0.3 is 15.4 Å². The lowest BCUT2D eigenvalue weighted by Gasteiger charge is -2.18. The number of nitrogens with zero attached hydrogens (tertiary/aromatic N) is 1. The van der Waals surface area contributed by atoms with E-state index in [9.17, 15) is 4.79 Å². The summed E-state index contributed by atoms with van der Waals surface area (Å²) in [6, 6.07) is 3.76. The average molecular weight is 206 g/mol. The summed E-state index contributed by atoms with van der Waals surface area (Å²) in [5, 5.41) is 0. The third-order valence-electron chi connectivity index (χ3n) is 2.54. The molecule has 2 N–H and O–H groups in total. The number of fused-ring (bicyclic) bond motifs is 1. The molecule has 15 heavy (non-hydrogen) atoms. The Morgan fingerprint density at radius 2 is 2.20 bits per heavy atom. The lowest BCUT2D eigenvalue weighted by atomic mass is 10.1. The van der Waals surface area contributed by atoms with Crippen LogP contribution in [0.25, 0.3) is 0 Å². The number of hydrogen-bond donors (Lipinski definition) is 1. The zero-order valence-corrected chi connectivity index (χ0v) is 8.91. The van der Waals surface area contributed by atoms with Gasteiger partial charge >= 0.3 is 0 Å². The Morgan fingerprint density at radius 3 is 2.93 bits per heavy atom. The van der Waals surface area contributed by atoms with Crippen LogP contribution in [0.15, 0.2) is 12.1 Å². The van der Waals surface area contributed by atoms with E-state index in [1.165, 1.54) is 0 Å². The zero-order valence-electron chi connectivity index (χ0n) is 8.91. The number of benzene rings is 1. The standard InChI is InChI=1S/C11H14N2O2/c1-7-5-8(12)11-9(6-7)13(2)10(14)3-4-15-11/h5-6H,3-4,12H2,1-2H3. The second-order valence-electron chi connectivity index (χ2n) is 3.75. The number of rotatable bonds is 0. The van der Waals surface area contributed by atoms with Crippen molar-refractivity contribution in [1.29, 1.82) is 0 Å². The number of amides is 1. The Kier molecular flexibility index (Phi) is 2.26. The first-order valence-corrected chi connectivity index (χ1v) is 4.89. The molecule has 1 aliphatic heterocycles. The largest absolute Gasteiger partial charge is 0.489 e. The first kappa shape index (κ1) is 9.83. The van der Waals surface area contributed by atoms with Gasteiger partial charge in [0, 0.05) is 7.05 Å². The van der Waals surface area contributed by atoms with Gasteiger partial charge in [-0.2, -0.15) is 0 Å². The fraction of sp³-hybridized carbons (Fsp3) is 0.364. The minimum atomic E-state index is 0.0544. The SMILES string of the molecule is Cc1cc(N)c2c(c1)N(C)C(=O)CCO2. The summed E-state index contributed by atoms with van der Waals surface area (Å²) in [7, 11) is 1.74. The quantitative estimate of drug-likeness (QED) is 0.651. The summed E-state index contributed by atoms with van der Waals surface area (Å²) < 4.78 is 5.49. The first-order chi connectivity index (χ1) is 7.09. The van der Waals surface area contributed by atoms with Crippen molar-refractivity contribution < 1.29 is 9.53 Å². The molecule has 0 atom stereocenters. The molecule has 0 aromatic heterocycles. The second-order valence-corrected chi connectivity index (χ2v) is 3.75. The summed E-state index contributed by atoms with van der Waals surface area (Å²) in [5.74, 6) is 0.674. The van der Waals surface area contributed by atoms with Crippen LogP contribution in [0.4, 0.5) is 11.4 Å². The third-order valence-corrected chi connectivity index (χ3v) is 2.54. The molecule has 1 aromatic carbocycles. The van der Waals surface area contributed by atoms with Gasteiger partial charge in [0.05, 0.1) is 24.4 Å². The van der Waals surface area contributed by atoms with E-state index in [2.05, 4.69) is 0 Å². The van der Waals surface area contributed by atoms with Gasteiger partial charge in [-0.3, -0.25) is 4.79 Å². The van der Waals surface area contributed by atoms with Crippen LogP contribution in [0.1, 0.15) is 12.0 Å². The summed E-state index contributed by atoms with van der Waals surface area (Å²) >= 11 is 0. The maximum absolute atomic E-state index is 11.6. The van der Waals surface area contributed by atoms with Crippen LogP contribution in [0.3, 0.4) is 0 Å². The van der Waals surface area contributed by atoms with Crippen LogP contribution in [0.2, 0.25) is 0 Å². The molecule has 0 radical (unpaired) electrons. The van der Waals surface area contributed by atoms with Gasteiger partial charge in [0.25, 0.3) is 0 Å². The monoisotopic (exact) mass is 206 g/mol. The molecule has 4 heteroatoms. The molecule has 0 aliphatic carbocycles. The minimum Gasteiger partial charge on any atom is -0.489 e. The summed E-state index contributed by atoms with van der Waals surface area (Å²) in [6.07, 6.45) is 0.393. The maximum Gasteiger partial charge on any atom is 0.230 e. The van der Waals surface area contributed by atoms with E-state index >= 15 is 0 Å². The Hall–Kier alpha value is -1.71. The third kappa shape index (κ3) is 1.63. The van der Waals surface area contributed by atoms with E-state index in [-0.39, 0.29) is 5.91 Å². The second kappa shape index (κ2) is 3.46. The predicted molar refractivity (Wildman–Crippen MR) is 59.1 cm³/mol. The molecular formula is C11H14N2O2. The smallest absolute Gasteiger partial charge is 0.230 e. The Labute approximate surface area is 88.6 Å². The number of carbonyl (C=O) groups excluding carboxylic acids is 1. The summed E-state index contributed by atoms with van der Waals surface area (Å²) in [6.45, 7) is 2.34. The van der Waals surface area contributed by atoms with Crippen molar-refractivity contribution in [2.24, 2.45) is 0 Å². The first-order valence-electron chi connectivity index (χ1n) is 4.89. The van der Waals surface area contributed by atoms with Crippen LogP contribution in [-0.2, 0) is 4.79 Å². The predicted octanol–water partition coefficient (Wildman–Crippen LogP) is 1.32. The van der Waals surface area contributed by atoms with Crippen molar-refractivity contribution in [2.45, 2.75) is 13.3 Å². The van der Waals surface area contributed by atoms with Crippen molar-refractivity contribution in [3.8, 4) is 5.75 Å². The molecular weight excluding hydrogens is 192 g/mol. The number of anilines is 2. The fourth-order valence-corrected chi connectivity index (χ4v) is 1.73. The van der Waals surface area contributed by atoms with Crippen molar-refractivity contribution >= 4 is 17.3 Å². The highest BCUT2D eigenvalue weighted by molar-refractivity contribution is 5.96. The van der Waals surface area contributed by atoms with E-state index in [0.29, 0.717) is 24.5 Å². The molecule has 0 unspecified atom stereocenters. The molecule has 0 saturated heterocycles. The van der Waals surface area contributed by atoms with E-state index in [1.807, 2.05) is 19.1 Å². The summed E-state index contributed by atoms with van der Waals surface area (Å²) in [5.41, 5.74) is 8.23. The topological polar surface area (TPSA) is 55.6 Å². The number of hydrogen-bond acceptors (Lipinski definition) is 3. The lowest BCUT2D eigenvalue weighted by Crippen LogP contribution is -2.25. The maximum atomic E-state index is 11.6. The minimum absolute atomic E-state index is 0.0544. The van der Waals surface area contributed by atoms with Crippen LogP contribution < -0.4 is 15.4 Å². The normalized spacial score (nSPS) is 15.6. The number of nitrogens with two attached hydrogens (primary N) is 1. The molecule has 0 fully saturated rings. The van der Waals surface area contributed by atoms with Gasteiger partial charge in [-0.25, -0.2) is 0 Å². The highest BCUT2D eigenvalue weighted by Gasteiger charge is 2.21. The molecule has 1 heterocycles. The van der Waals surface area contributed by atoms with Crippen LogP contribution in [0.5, 0.6) is 5.75 Å². The number of carbonyl (C=O) groups is 1. The molecule has 1 aromatic rings. The van der Waals surface area contributed by atoms with Crippen molar-refractivity contribution in [1.82, 2.24) is 0 Å². The van der Waals surface area contributed by atoms with Gasteiger partial charge in [-0.1, -0.05) is 0 Å².